The maximum Gasteiger partial charge on any atom is 0.241 e. The Morgan fingerprint density at radius 2 is 1.86 bits per heavy atom. The van der Waals surface area contributed by atoms with Crippen molar-refractivity contribution in [1.29, 1.82) is 0 Å². The van der Waals surface area contributed by atoms with Gasteiger partial charge in [-0.05, 0) is 37.7 Å². The fourth-order valence-electron chi connectivity index (χ4n) is 3.04. The molecule has 3 atom stereocenters. The van der Waals surface area contributed by atoms with Crippen LogP contribution in [-0.2, 0) is 11.2 Å². The molecule has 21 heavy (non-hydrogen) atoms. The largest absolute Gasteiger partial charge is 0.323 e. The Bertz CT molecular complexity index is 458. The van der Waals surface area contributed by atoms with Gasteiger partial charge in [0.1, 0.15) is 0 Å². The highest BCUT2D eigenvalue weighted by molar-refractivity contribution is 5.84. The van der Waals surface area contributed by atoms with Crippen molar-refractivity contribution in [3.63, 3.8) is 0 Å². The van der Waals surface area contributed by atoms with Crippen molar-refractivity contribution in [3.8, 4) is 0 Å². The van der Waals surface area contributed by atoms with E-state index in [1.807, 2.05) is 6.07 Å². The summed E-state index contributed by atoms with van der Waals surface area (Å²) >= 11 is 0. The van der Waals surface area contributed by atoms with Crippen LogP contribution in [0, 0.1) is 5.92 Å². The number of hydrogen-bond acceptors (Lipinski definition) is 2. The minimum Gasteiger partial charge on any atom is -0.323 e. The van der Waals surface area contributed by atoms with Crippen LogP contribution in [-0.4, -0.2) is 29.1 Å². The van der Waals surface area contributed by atoms with Gasteiger partial charge in [-0.2, -0.15) is 0 Å². The molecule has 0 saturated carbocycles. The molecule has 1 aromatic carbocycles. The Hall–Kier alpha value is -1.35. The molecule has 0 bridgehead atoms. The first-order chi connectivity index (χ1) is 10.0. The smallest absolute Gasteiger partial charge is 0.241 e. The second-order valence-electron chi connectivity index (χ2n) is 6.44. The van der Waals surface area contributed by atoms with Gasteiger partial charge in [-0.15, -0.1) is 0 Å². The van der Waals surface area contributed by atoms with Crippen molar-refractivity contribution in [2.45, 2.75) is 65.2 Å². The lowest BCUT2D eigenvalue weighted by molar-refractivity contribution is -0.132. The number of aryl methyl sites for hydroxylation is 1. The van der Waals surface area contributed by atoms with Crippen molar-refractivity contribution in [1.82, 2.24) is 10.2 Å². The third-order valence-electron chi connectivity index (χ3n) is 4.49. The average molecular weight is 288 g/mol. The number of carbonyl (C=O) groups is 1. The Morgan fingerprint density at radius 3 is 2.43 bits per heavy atom. The van der Waals surface area contributed by atoms with E-state index < -0.39 is 0 Å². The van der Waals surface area contributed by atoms with Crippen LogP contribution in [0.5, 0.6) is 0 Å². The number of nitrogens with zero attached hydrogens (tertiary/aromatic N) is 1. The molecule has 2 rings (SSSR count). The summed E-state index contributed by atoms with van der Waals surface area (Å²) in [5, 5.41) is 3.55. The molecule has 0 aromatic heterocycles. The molecule has 1 aliphatic rings. The van der Waals surface area contributed by atoms with Crippen LogP contribution in [0.25, 0.3) is 0 Å². The summed E-state index contributed by atoms with van der Waals surface area (Å²) in [5.41, 5.74) is 1.30. The molecular formula is C18H28N2O. The topological polar surface area (TPSA) is 32.3 Å². The second kappa shape index (κ2) is 7.08. The molecular weight excluding hydrogens is 260 g/mol. The van der Waals surface area contributed by atoms with E-state index in [2.05, 4.69) is 62.2 Å². The highest BCUT2D eigenvalue weighted by atomic mass is 16.2. The lowest BCUT2D eigenvalue weighted by Gasteiger charge is -2.32. The lowest BCUT2D eigenvalue weighted by Crippen LogP contribution is -2.46. The maximum absolute atomic E-state index is 12.7. The quantitative estimate of drug-likeness (QED) is 0.872. The molecule has 3 unspecified atom stereocenters. The minimum absolute atomic E-state index is 0.0355. The van der Waals surface area contributed by atoms with Crippen LogP contribution < -0.4 is 5.32 Å². The van der Waals surface area contributed by atoms with Crippen molar-refractivity contribution >= 4 is 5.91 Å². The zero-order valence-electron chi connectivity index (χ0n) is 13.7. The summed E-state index contributed by atoms with van der Waals surface area (Å²) < 4.78 is 0. The normalized spacial score (nSPS) is 23.9. The van der Waals surface area contributed by atoms with E-state index in [0.717, 1.165) is 19.3 Å². The molecule has 1 aromatic rings. The van der Waals surface area contributed by atoms with E-state index >= 15 is 0 Å². The van der Waals surface area contributed by atoms with Crippen LogP contribution in [0.2, 0.25) is 0 Å². The van der Waals surface area contributed by atoms with E-state index in [-0.39, 0.29) is 18.1 Å². The molecule has 1 saturated heterocycles. The Balaban J connectivity index is 2.03. The molecule has 0 radical (unpaired) electrons. The first-order valence-corrected chi connectivity index (χ1v) is 8.16. The Labute approximate surface area is 128 Å². The number of amides is 1. The van der Waals surface area contributed by atoms with Gasteiger partial charge < -0.3 is 4.90 Å². The lowest BCUT2D eigenvalue weighted by atomic mass is 10.1. The molecule has 0 spiro atoms. The van der Waals surface area contributed by atoms with Crippen LogP contribution in [0.3, 0.4) is 0 Å². The zero-order chi connectivity index (χ0) is 15.4. The van der Waals surface area contributed by atoms with E-state index in [1.54, 1.807) is 0 Å². The molecule has 3 heteroatoms. The fraction of sp³-hybridized carbons (Fsp3) is 0.611. The van der Waals surface area contributed by atoms with Crippen molar-refractivity contribution in [2.24, 2.45) is 5.92 Å². The molecule has 1 amide bonds. The van der Waals surface area contributed by atoms with Crippen molar-refractivity contribution in [2.75, 3.05) is 0 Å². The van der Waals surface area contributed by atoms with Gasteiger partial charge in [0, 0.05) is 6.04 Å². The van der Waals surface area contributed by atoms with Gasteiger partial charge in [-0.3, -0.25) is 10.1 Å². The molecule has 1 fully saturated rings. The van der Waals surface area contributed by atoms with E-state index in [4.69, 9.17) is 0 Å². The van der Waals surface area contributed by atoms with Crippen LogP contribution in [0.4, 0.5) is 0 Å². The summed E-state index contributed by atoms with van der Waals surface area (Å²) in [6, 6.07) is 10.7. The number of rotatable bonds is 6. The third-order valence-corrected chi connectivity index (χ3v) is 4.49. The summed E-state index contributed by atoms with van der Waals surface area (Å²) in [4.78, 5) is 14.8. The summed E-state index contributed by atoms with van der Waals surface area (Å²) in [6.07, 6.45) is 3.00. The molecule has 0 aliphatic carbocycles. The average Bonchev–Trinajstić information content (AvgIpc) is 2.82. The summed E-state index contributed by atoms with van der Waals surface area (Å²) in [5.74, 6) is 0.712. The number of nitrogens with one attached hydrogen (secondary N) is 1. The predicted octanol–water partition coefficient (Wildman–Crippen LogP) is 3.20. The van der Waals surface area contributed by atoms with Crippen molar-refractivity contribution < 1.29 is 4.79 Å². The van der Waals surface area contributed by atoms with Gasteiger partial charge in [-0.25, -0.2) is 0 Å². The standard InChI is InChI=1S/C18H28N2O/c1-5-14(4)20-17(13(2)3)19-16(18(20)21)12-11-15-9-7-6-8-10-15/h6-10,13-14,16-17,19H,5,11-12H2,1-4H3. The van der Waals surface area contributed by atoms with Gasteiger partial charge in [-0.1, -0.05) is 51.1 Å². The summed E-state index contributed by atoms with van der Waals surface area (Å²) in [6.45, 7) is 8.65. The third kappa shape index (κ3) is 3.65. The number of carbonyl (C=O) groups excluding carboxylic acids is 1. The monoisotopic (exact) mass is 288 g/mol. The number of benzene rings is 1. The molecule has 1 N–H and O–H groups in total. The van der Waals surface area contributed by atoms with Crippen LogP contribution in [0.15, 0.2) is 30.3 Å². The molecule has 1 heterocycles. The minimum atomic E-state index is -0.0355. The number of hydrogen-bond donors (Lipinski definition) is 1. The van der Waals surface area contributed by atoms with Crippen LogP contribution in [0.1, 0.15) is 46.1 Å². The van der Waals surface area contributed by atoms with Crippen LogP contribution >= 0.6 is 0 Å². The SMILES string of the molecule is CCC(C)N1C(=O)C(CCc2ccccc2)NC1C(C)C. The van der Waals surface area contributed by atoms with Gasteiger partial charge in [0.15, 0.2) is 0 Å². The highest BCUT2D eigenvalue weighted by Gasteiger charge is 2.41. The molecule has 3 nitrogen and oxygen atoms in total. The summed E-state index contributed by atoms with van der Waals surface area (Å²) in [7, 11) is 0. The second-order valence-corrected chi connectivity index (χ2v) is 6.44. The van der Waals surface area contributed by atoms with Gasteiger partial charge in [0.05, 0.1) is 12.2 Å². The fourth-order valence-corrected chi connectivity index (χ4v) is 3.04. The van der Waals surface area contributed by atoms with E-state index in [9.17, 15) is 4.79 Å². The Kier molecular flexibility index (Phi) is 5.40. The molecule has 1 aliphatic heterocycles. The van der Waals surface area contributed by atoms with Gasteiger partial charge in [0.2, 0.25) is 5.91 Å². The predicted molar refractivity (Wildman–Crippen MR) is 86.9 cm³/mol. The van der Waals surface area contributed by atoms with Gasteiger partial charge >= 0.3 is 0 Å². The molecule has 116 valence electrons. The van der Waals surface area contributed by atoms with E-state index in [1.165, 1.54) is 5.56 Å². The highest BCUT2D eigenvalue weighted by Crippen LogP contribution is 2.24. The van der Waals surface area contributed by atoms with Crippen molar-refractivity contribution in [3.05, 3.63) is 35.9 Å². The van der Waals surface area contributed by atoms with E-state index in [0.29, 0.717) is 12.0 Å². The Morgan fingerprint density at radius 1 is 1.19 bits per heavy atom. The zero-order valence-corrected chi connectivity index (χ0v) is 13.7. The van der Waals surface area contributed by atoms with Gasteiger partial charge in [0.25, 0.3) is 0 Å². The first-order valence-electron chi connectivity index (χ1n) is 8.16. The maximum atomic E-state index is 12.7. The first kappa shape index (κ1) is 16.0.